The van der Waals surface area contributed by atoms with Crippen LogP contribution in [0.5, 0.6) is 0 Å². The van der Waals surface area contributed by atoms with E-state index < -0.39 is 0 Å². The van der Waals surface area contributed by atoms with E-state index in [4.69, 9.17) is 8.83 Å². The summed E-state index contributed by atoms with van der Waals surface area (Å²) in [5.41, 5.74) is 39.1. The molecule has 0 fully saturated rings. The van der Waals surface area contributed by atoms with Gasteiger partial charge in [-0.3, -0.25) is 0 Å². The molecule has 0 radical (unpaired) electrons. The average molecular weight is 1730 g/mol. The van der Waals surface area contributed by atoms with Gasteiger partial charge in [0.25, 0.3) is 0 Å². The molecule has 136 heavy (non-hydrogen) atoms. The Hall–Kier alpha value is -18.1. The molecular formula is C130H84N4O2. The van der Waals surface area contributed by atoms with Gasteiger partial charge in [-0.05, 0) is 228 Å². The van der Waals surface area contributed by atoms with Crippen molar-refractivity contribution in [2.24, 2.45) is 0 Å². The molecule has 4 heterocycles. The quantitative estimate of drug-likeness (QED) is 0.0859. The second-order valence-corrected chi connectivity index (χ2v) is 35.4. The zero-order valence-corrected chi connectivity index (χ0v) is 74.1. The molecule has 4 aromatic heterocycles. The van der Waals surface area contributed by atoms with E-state index in [1.54, 1.807) is 0 Å². The van der Waals surface area contributed by atoms with Gasteiger partial charge < -0.3 is 27.8 Å². The van der Waals surface area contributed by atoms with Crippen molar-refractivity contribution in [2.45, 2.75) is 0 Å². The molecule has 0 aliphatic carbocycles. The first-order chi connectivity index (χ1) is 67.4. The highest BCUT2D eigenvalue weighted by molar-refractivity contribution is 6.15. The summed E-state index contributed by atoms with van der Waals surface area (Å²) >= 11 is 0. The molecule has 0 saturated heterocycles. The average Bonchev–Trinajstić information content (AvgIpc) is 1.61. The molecule has 0 unspecified atom stereocenters. The van der Waals surface area contributed by atoms with Gasteiger partial charge in [0.1, 0.15) is 22.3 Å². The molecular weight excluding hydrogens is 1650 g/mol. The lowest BCUT2D eigenvalue weighted by molar-refractivity contribution is 0.669. The third-order valence-electron chi connectivity index (χ3n) is 27.6. The fraction of sp³-hybridized carbons (Fsp3) is 0. The van der Waals surface area contributed by atoms with Crippen LogP contribution in [0.1, 0.15) is 0 Å². The largest absolute Gasteiger partial charge is 0.455 e. The van der Waals surface area contributed by atoms with Crippen LogP contribution in [0, 0.1) is 0 Å². The monoisotopic (exact) mass is 1730 g/mol. The van der Waals surface area contributed by atoms with Crippen molar-refractivity contribution in [1.82, 2.24) is 9.13 Å². The highest BCUT2D eigenvalue weighted by Gasteiger charge is 2.26. The number of para-hydroxylation sites is 8. The standard InChI is InChI=1S/C130H84N4O2/c1-4-25-85(26-5-1)99-66-77-108(125(83-99)133-121-41-18-11-32-111(121)112-33-12-19-42-122(112)133)92-61-72-103(73-62-92)131(102-68-57-89(58-69-102)87-47-51-94(52-48-87)110-38-24-39-117-115-36-15-22-45-127(115)135-129(110)117)106-76-65-96-79-97(55-56-98(96)80-106)101-81-118(130-119(82-101)116-37-16-23-46-128(116)136-130)95-53-49-88(50-54-95)90-59-70-104(71-60-90)132(120-40-17-10-31-107(120)91-29-8-3-9-30-91)105-74-63-93(64-75-105)109-78-67-100(86-27-6-2-7-28-86)84-126(109)134-123-43-20-13-34-113(123)114-35-14-21-44-124(114)134/h1-84H. The molecule has 6 nitrogen and oxygen atoms in total. The van der Waals surface area contributed by atoms with Gasteiger partial charge in [0.05, 0.1) is 39.1 Å². The van der Waals surface area contributed by atoms with Crippen molar-refractivity contribution in [3.63, 3.8) is 0 Å². The van der Waals surface area contributed by atoms with E-state index in [2.05, 4.69) is 516 Å². The molecule has 636 valence electrons. The Kier molecular flexibility index (Phi) is 19.2. The van der Waals surface area contributed by atoms with Crippen LogP contribution in [0.25, 0.3) is 221 Å². The third-order valence-corrected chi connectivity index (χ3v) is 27.6. The van der Waals surface area contributed by atoms with Gasteiger partial charge in [-0.1, -0.05) is 376 Å². The SMILES string of the molecule is c1ccc(-c2ccc(-c3ccc(N(c4ccc(-c5ccc(-c6cccc7c6oc6ccccc67)cc5)cc4)c4ccc5cc(-c6cc(-c7ccc(-c8ccc(N(c9ccc(-c%10ccc(-c%11ccccc%11)cc%10-n%10c%11ccccc%11c%11ccccc%11%10)cc9)c9ccccc9-c9ccccc9)cc8)cc7)c7oc8ccccc8c7c6)ccc5c4)cc3)c(-n3c4ccccc4c4ccccc43)c2)cc1. The molecule has 0 aliphatic rings. The maximum atomic E-state index is 6.92. The molecule has 0 aliphatic heterocycles. The summed E-state index contributed by atoms with van der Waals surface area (Å²) in [7, 11) is 0. The fourth-order valence-electron chi connectivity index (χ4n) is 20.9. The van der Waals surface area contributed by atoms with E-state index in [-0.39, 0.29) is 0 Å². The van der Waals surface area contributed by atoms with Crippen molar-refractivity contribution in [3.05, 3.63) is 510 Å². The molecule has 0 amide bonds. The summed E-state index contributed by atoms with van der Waals surface area (Å²) in [6.07, 6.45) is 0. The number of rotatable bonds is 18. The van der Waals surface area contributed by atoms with Crippen LogP contribution in [0.2, 0.25) is 0 Å². The van der Waals surface area contributed by atoms with Crippen LogP contribution < -0.4 is 9.80 Å². The van der Waals surface area contributed by atoms with Gasteiger partial charge in [0, 0.05) is 99.3 Å². The van der Waals surface area contributed by atoms with Crippen molar-refractivity contribution in [2.75, 3.05) is 9.80 Å². The Balaban J connectivity index is 0.534. The molecule has 0 spiro atoms. The topological polar surface area (TPSA) is 42.6 Å². The predicted molar refractivity (Wildman–Crippen MR) is 571 cm³/mol. The molecule has 0 bridgehead atoms. The number of hydrogen-bond acceptors (Lipinski definition) is 4. The first-order valence-electron chi connectivity index (χ1n) is 46.6. The number of aromatic nitrogens is 2. The van der Waals surface area contributed by atoms with Gasteiger partial charge in [-0.15, -0.1) is 0 Å². The lowest BCUT2D eigenvalue weighted by atomic mass is 9.93. The van der Waals surface area contributed by atoms with E-state index in [9.17, 15) is 0 Å². The van der Waals surface area contributed by atoms with Crippen molar-refractivity contribution < 1.29 is 8.83 Å². The normalized spacial score (nSPS) is 11.7. The Morgan fingerprint density at radius 3 is 0.956 bits per heavy atom. The summed E-state index contributed by atoms with van der Waals surface area (Å²) < 4.78 is 18.3. The Morgan fingerprint density at radius 2 is 0.463 bits per heavy atom. The molecule has 0 atom stereocenters. The van der Waals surface area contributed by atoms with E-state index in [1.807, 2.05) is 12.1 Å². The van der Waals surface area contributed by atoms with Crippen LogP contribution in [0.3, 0.4) is 0 Å². The van der Waals surface area contributed by atoms with Gasteiger partial charge in [-0.25, -0.2) is 0 Å². The highest BCUT2D eigenvalue weighted by atomic mass is 16.3. The Morgan fingerprint density at radius 1 is 0.154 bits per heavy atom. The summed E-state index contributed by atoms with van der Waals surface area (Å²) in [5.74, 6) is 0. The lowest BCUT2D eigenvalue weighted by Gasteiger charge is -2.28. The fourth-order valence-corrected chi connectivity index (χ4v) is 20.9. The molecule has 26 rings (SSSR count). The van der Waals surface area contributed by atoms with E-state index >= 15 is 0 Å². The van der Waals surface area contributed by atoms with E-state index in [0.717, 1.165) is 200 Å². The van der Waals surface area contributed by atoms with Crippen molar-refractivity contribution >= 4 is 132 Å². The molecule has 6 heteroatoms. The first kappa shape index (κ1) is 78.9. The molecule has 22 aromatic carbocycles. The highest BCUT2D eigenvalue weighted by Crippen LogP contribution is 2.49. The van der Waals surface area contributed by atoms with Crippen LogP contribution in [0.15, 0.2) is 518 Å². The lowest BCUT2D eigenvalue weighted by Crippen LogP contribution is -2.11. The smallest absolute Gasteiger partial charge is 0.143 e. The van der Waals surface area contributed by atoms with Gasteiger partial charge in [-0.2, -0.15) is 0 Å². The zero-order valence-electron chi connectivity index (χ0n) is 74.1. The number of hydrogen-bond donors (Lipinski definition) is 0. The van der Waals surface area contributed by atoms with Crippen molar-refractivity contribution in [3.8, 4) is 123 Å². The second-order valence-electron chi connectivity index (χ2n) is 35.4. The van der Waals surface area contributed by atoms with Gasteiger partial charge in [0.2, 0.25) is 0 Å². The minimum atomic E-state index is 0.854. The Labute approximate surface area is 786 Å². The molecule has 0 saturated carbocycles. The van der Waals surface area contributed by atoms with Gasteiger partial charge in [0.15, 0.2) is 0 Å². The first-order valence-corrected chi connectivity index (χ1v) is 46.6. The molecule has 26 aromatic rings. The van der Waals surface area contributed by atoms with E-state index in [0.29, 0.717) is 0 Å². The van der Waals surface area contributed by atoms with Crippen molar-refractivity contribution in [1.29, 1.82) is 0 Å². The maximum Gasteiger partial charge on any atom is 0.143 e. The predicted octanol–water partition coefficient (Wildman–Crippen LogP) is 36.4. The second kappa shape index (κ2) is 33.1. The summed E-state index contributed by atoms with van der Waals surface area (Å²) in [6, 6.07) is 186. The minimum Gasteiger partial charge on any atom is -0.455 e. The Bertz CT molecular complexity index is 9000. The minimum absolute atomic E-state index is 0.854. The van der Waals surface area contributed by atoms with Crippen LogP contribution >= 0.6 is 0 Å². The number of benzene rings is 22. The van der Waals surface area contributed by atoms with Gasteiger partial charge >= 0.3 is 0 Å². The maximum absolute atomic E-state index is 6.92. The summed E-state index contributed by atoms with van der Waals surface area (Å²) in [6.45, 7) is 0. The number of fused-ring (bicyclic) bond motifs is 13. The zero-order chi connectivity index (χ0) is 89.7. The number of furan rings is 2. The number of anilines is 6. The summed E-state index contributed by atoms with van der Waals surface area (Å²) in [5, 5.41) is 11.6. The van der Waals surface area contributed by atoms with Crippen LogP contribution in [-0.4, -0.2) is 9.13 Å². The molecule has 0 N–H and O–H groups in total. The number of nitrogens with zero attached hydrogens (tertiary/aromatic N) is 4. The van der Waals surface area contributed by atoms with E-state index in [1.165, 1.54) is 54.7 Å². The third kappa shape index (κ3) is 13.8. The summed E-state index contributed by atoms with van der Waals surface area (Å²) in [4.78, 5) is 4.80. The van der Waals surface area contributed by atoms with Crippen LogP contribution in [0.4, 0.5) is 34.1 Å². The van der Waals surface area contributed by atoms with Crippen LogP contribution in [-0.2, 0) is 0 Å².